The van der Waals surface area contributed by atoms with Crippen molar-refractivity contribution in [3.63, 3.8) is 0 Å². The zero-order chi connectivity index (χ0) is 24.2. The van der Waals surface area contributed by atoms with Crippen molar-refractivity contribution in [3.8, 4) is 22.6 Å². The van der Waals surface area contributed by atoms with Crippen LogP contribution in [0.2, 0.25) is 0 Å². The van der Waals surface area contributed by atoms with Gasteiger partial charge in [0, 0.05) is 37.5 Å². The molecule has 0 aliphatic carbocycles. The topological polar surface area (TPSA) is 50.2 Å². The molecular formula is C28H29FN4O. The van der Waals surface area contributed by atoms with Crippen LogP contribution < -0.4 is 10.2 Å². The van der Waals surface area contributed by atoms with Gasteiger partial charge in [-0.2, -0.15) is 0 Å². The number of carbonyl (C=O) groups excluding carboxylic acids is 1. The van der Waals surface area contributed by atoms with Crippen LogP contribution in [0.3, 0.4) is 0 Å². The first-order chi connectivity index (χ1) is 16.4. The molecule has 0 saturated heterocycles. The maximum absolute atomic E-state index is 13.6. The largest absolute Gasteiger partial charge is 0.378 e. The Labute approximate surface area is 199 Å². The van der Waals surface area contributed by atoms with E-state index < -0.39 is 0 Å². The average Bonchev–Trinajstić information content (AvgIpc) is 3.25. The Balaban J connectivity index is 1.79. The number of nitrogens with zero attached hydrogens (tertiary/aromatic N) is 3. The van der Waals surface area contributed by atoms with Gasteiger partial charge in [-0.3, -0.25) is 4.79 Å². The van der Waals surface area contributed by atoms with Gasteiger partial charge in [-0.1, -0.05) is 54.6 Å². The monoisotopic (exact) mass is 456 g/mol. The van der Waals surface area contributed by atoms with Crippen LogP contribution in [-0.2, 0) is 6.54 Å². The molecule has 1 amide bonds. The van der Waals surface area contributed by atoms with Gasteiger partial charge in [0.15, 0.2) is 0 Å². The van der Waals surface area contributed by atoms with Gasteiger partial charge in [0.2, 0.25) is 0 Å². The molecule has 4 rings (SSSR count). The molecule has 4 aromatic rings. The molecule has 1 aromatic heterocycles. The fraction of sp³-hybridized carbons (Fsp3) is 0.214. The lowest BCUT2D eigenvalue weighted by atomic mass is 10.1. The van der Waals surface area contributed by atoms with Crippen molar-refractivity contribution < 1.29 is 9.18 Å². The minimum atomic E-state index is -0.303. The second kappa shape index (κ2) is 9.91. The Morgan fingerprint density at radius 3 is 2.21 bits per heavy atom. The SMILES string of the molecule is CCn1c(-c2ccccc2)nc(-c2ccc(N(C)C)cc2)c1C(=O)NC(C)c1ccc(F)cc1. The van der Waals surface area contributed by atoms with Gasteiger partial charge < -0.3 is 14.8 Å². The standard InChI is InChI=1S/C28H29FN4O/c1-5-33-26(28(34)30-19(2)20-11-15-23(29)16-12-20)25(21-13-17-24(18-14-21)32(3)4)31-27(33)22-9-7-6-8-10-22/h6-19H,5H2,1-4H3,(H,30,34). The molecule has 5 nitrogen and oxygen atoms in total. The first kappa shape index (κ1) is 23.2. The van der Waals surface area contributed by atoms with E-state index in [1.165, 1.54) is 12.1 Å². The van der Waals surface area contributed by atoms with E-state index in [0.29, 0.717) is 17.9 Å². The summed E-state index contributed by atoms with van der Waals surface area (Å²) >= 11 is 0. The predicted molar refractivity (Wildman–Crippen MR) is 135 cm³/mol. The highest BCUT2D eigenvalue weighted by Gasteiger charge is 2.25. The number of hydrogen-bond acceptors (Lipinski definition) is 3. The third kappa shape index (κ3) is 4.71. The van der Waals surface area contributed by atoms with Crippen molar-refractivity contribution in [2.24, 2.45) is 0 Å². The van der Waals surface area contributed by atoms with Crippen molar-refractivity contribution >= 4 is 11.6 Å². The Bertz CT molecular complexity index is 1260. The second-order valence-corrected chi connectivity index (χ2v) is 8.43. The maximum atomic E-state index is 13.6. The highest BCUT2D eigenvalue weighted by atomic mass is 19.1. The highest BCUT2D eigenvalue weighted by molar-refractivity contribution is 6.00. The van der Waals surface area contributed by atoms with Gasteiger partial charge in [-0.25, -0.2) is 9.37 Å². The summed E-state index contributed by atoms with van der Waals surface area (Å²) in [6, 6.07) is 23.8. The van der Waals surface area contributed by atoms with E-state index in [2.05, 4.69) is 5.32 Å². The van der Waals surface area contributed by atoms with Crippen LogP contribution in [0.15, 0.2) is 78.9 Å². The Morgan fingerprint density at radius 1 is 0.971 bits per heavy atom. The van der Waals surface area contributed by atoms with Gasteiger partial charge >= 0.3 is 0 Å². The van der Waals surface area contributed by atoms with Crippen molar-refractivity contribution in [3.05, 3.63) is 95.9 Å². The quantitative estimate of drug-likeness (QED) is 0.375. The number of nitrogens with one attached hydrogen (secondary N) is 1. The Hall–Kier alpha value is -3.93. The normalized spacial score (nSPS) is 11.8. The number of halogens is 1. The van der Waals surface area contributed by atoms with E-state index in [0.717, 1.165) is 28.2 Å². The lowest BCUT2D eigenvalue weighted by Crippen LogP contribution is -2.29. The molecule has 1 heterocycles. The molecule has 1 N–H and O–H groups in total. The number of rotatable bonds is 7. The summed E-state index contributed by atoms with van der Waals surface area (Å²) in [5, 5.41) is 3.08. The molecule has 0 bridgehead atoms. The molecule has 0 aliphatic heterocycles. The predicted octanol–water partition coefficient (Wildman–Crippen LogP) is 5.93. The molecule has 0 spiro atoms. The molecule has 6 heteroatoms. The number of aromatic nitrogens is 2. The molecular weight excluding hydrogens is 427 g/mol. The minimum absolute atomic E-state index is 0.222. The van der Waals surface area contributed by atoms with E-state index in [9.17, 15) is 9.18 Å². The molecule has 174 valence electrons. The fourth-order valence-electron chi connectivity index (χ4n) is 4.02. The summed E-state index contributed by atoms with van der Waals surface area (Å²) < 4.78 is 15.3. The molecule has 0 radical (unpaired) electrons. The van der Waals surface area contributed by atoms with Crippen LogP contribution in [0.1, 0.15) is 35.9 Å². The summed E-state index contributed by atoms with van der Waals surface area (Å²) in [4.78, 5) is 20.6. The summed E-state index contributed by atoms with van der Waals surface area (Å²) in [5.74, 6) is 0.219. The fourth-order valence-corrected chi connectivity index (χ4v) is 4.02. The average molecular weight is 457 g/mol. The van der Waals surface area contributed by atoms with Crippen molar-refractivity contribution in [1.82, 2.24) is 14.9 Å². The van der Waals surface area contributed by atoms with Gasteiger partial charge in [0.1, 0.15) is 23.0 Å². The Morgan fingerprint density at radius 2 is 1.62 bits per heavy atom. The van der Waals surface area contributed by atoms with Gasteiger partial charge in [-0.15, -0.1) is 0 Å². The van der Waals surface area contributed by atoms with Crippen molar-refractivity contribution in [2.45, 2.75) is 26.4 Å². The zero-order valence-corrected chi connectivity index (χ0v) is 19.9. The number of carbonyl (C=O) groups is 1. The van der Waals surface area contributed by atoms with Gasteiger partial charge in [-0.05, 0) is 43.7 Å². The summed E-state index contributed by atoms with van der Waals surface area (Å²) in [5.41, 5.74) is 4.86. The van der Waals surface area contributed by atoms with E-state index in [-0.39, 0.29) is 17.8 Å². The number of hydrogen-bond donors (Lipinski definition) is 1. The minimum Gasteiger partial charge on any atom is -0.378 e. The smallest absolute Gasteiger partial charge is 0.270 e. The third-order valence-corrected chi connectivity index (χ3v) is 5.91. The van der Waals surface area contributed by atoms with E-state index >= 15 is 0 Å². The molecule has 0 fully saturated rings. The lowest BCUT2D eigenvalue weighted by molar-refractivity contribution is 0.0931. The Kier molecular flexibility index (Phi) is 6.77. The van der Waals surface area contributed by atoms with Crippen molar-refractivity contribution in [1.29, 1.82) is 0 Å². The summed E-state index contributed by atoms with van der Waals surface area (Å²) in [6.07, 6.45) is 0. The first-order valence-corrected chi connectivity index (χ1v) is 11.4. The molecule has 34 heavy (non-hydrogen) atoms. The third-order valence-electron chi connectivity index (χ3n) is 5.91. The van der Waals surface area contributed by atoms with E-state index in [4.69, 9.17) is 4.98 Å². The first-order valence-electron chi connectivity index (χ1n) is 11.4. The molecule has 0 saturated carbocycles. The molecule has 1 unspecified atom stereocenters. The molecule has 3 aromatic carbocycles. The van der Waals surface area contributed by atoms with Gasteiger partial charge in [0.05, 0.1) is 6.04 Å². The number of benzene rings is 3. The van der Waals surface area contributed by atoms with Crippen molar-refractivity contribution in [2.75, 3.05) is 19.0 Å². The van der Waals surface area contributed by atoms with Crippen LogP contribution in [0.5, 0.6) is 0 Å². The number of imidazole rings is 1. The van der Waals surface area contributed by atoms with Crippen LogP contribution in [0, 0.1) is 5.82 Å². The van der Waals surface area contributed by atoms with Crippen LogP contribution in [-0.4, -0.2) is 29.6 Å². The van der Waals surface area contributed by atoms with E-state index in [1.54, 1.807) is 12.1 Å². The van der Waals surface area contributed by atoms with E-state index in [1.807, 2.05) is 92.0 Å². The molecule has 1 atom stereocenters. The lowest BCUT2D eigenvalue weighted by Gasteiger charge is -2.17. The number of anilines is 1. The zero-order valence-electron chi connectivity index (χ0n) is 19.9. The summed E-state index contributed by atoms with van der Waals surface area (Å²) in [7, 11) is 3.98. The van der Waals surface area contributed by atoms with Crippen LogP contribution in [0.4, 0.5) is 10.1 Å². The highest BCUT2D eigenvalue weighted by Crippen LogP contribution is 2.31. The van der Waals surface area contributed by atoms with Gasteiger partial charge in [0.25, 0.3) is 5.91 Å². The van der Waals surface area contributed by atoms with Crippen LogP contribution in [0.25, 0.3) is 22.6 Å². The maximum Gasteiger partial charge on any atom is 0.270 e. The molecule has 0 aliphatic rings. The summed E-state index contributed by atoms with van der Waals surface area (Å²) in [6.45, 7) is 4.48. The number of amides is 1. The van der Waals surface area contributed by atoms with Crippen LogP contribution >= 0.6 is 0 Å². The second-order valence-electron chi connectivity index (χ2n) is 8.43.